The van der Waals surface area contributed by atoms with Crippen LogP contribution in [0.2, 0.25) is 0 Å². The molecule has 2 rings (SSSR count). The van der Waals surface area contributed by atoms with Crippen molar-refractivity contribution in [3.63, 3.8) is 0 Å². The summed E-state index contributed by atoms with van der Waals surface area (Å²) in [7, 11) is 0. The zero-order valence-corrected chi connectivity index (χ0v) is 11.9. The number of rotatable bonds is 7. The molecule has 0 saturated carbocycles. The highest BCUT2D eigenvalue weighted by molar-refractivity contribution is 5.78. The van der Waals surface area contributed by atoms with Crippen molar-refractivity contribution in [2.75, 3.05) is 0 Å². The van der Waals surface area contributed by atoms with E-state index in [0.717, 1.165) is 18.5 Å². The summed E-state index contributed by atoms with van der Waals surface area (Å²) in [6.45, 7) is 4.91. The molecule has 6 heteroatoms. The largest absolute Gasteiger partial charge is 0.359 e. The molecule has 0 aliphatic rings. The van der Waals surface area contributed by atoms with Crippen LogP contribution in [0.5, 0.6) is 0 Å². The Labute approximate surface area is 118 Å². The van der Waals surface area contributed by atoms with Gasteiger partial charge in [-0.05, 0) is 12.5 Å². The molecule has 0 radical (unpaired) electrons. The number of nitrogens with zero attached hydrogens (tertiary/aromatic N) is 3. The van der Waals surface area contributed by atoms with Gasteiger partial charge in [0.15, 0.2) is 5.76 Å². The molecule has 0 bridgehead atoms. The lowest BCUT2D eigenvalue weighted by Crippen LogP contribution is -2.31. The Balaban J connectivity index is 1.78. The van der Waals surface area contributed by atoms with E-state index in [-0.39, 0.29) is 11.8 Å². The van der Waals surface area contributed by atoms with Gasteiger partial charge in [0, 0.05) is 18.5 Å². The third-order valence-electron chi connectivity index (χ3n) is 3.02. The fourth-order valence-corrected chi connectivity index (χ4v) is 1.93. The zero-order chi connectivity index (χ0) is 14.4. The molecule has 6 nitrogen and oxygen atoms in total. The van der Waals surface area contributed by atoms with Gasteiger partial charge in [0.25, 0.3) is 0 Å². The highest BCUT2D eigenvalue weighted by atomic mass is 16.5. The van der Waals surface area contributed by atoms with Crippen molar-refractivity contribution >= 4 is 5.91 Å². The summed E-state index contributed by atoms with van der Waals surface area (Å²) in [5, 5.41) is 10.9. The van der Waals surface area contributed by atoms with E-state index in [1.807, 2.05) is 25.3 Å². The van der Waals surface area contributed by atoms with E-state index in [0.29, 0.717) is 18.8 Å². The van der Waals surface area contributed by atoms with Crippen molar-refractivity contribution in [3.05, 3.63) is 36.0 Å². The van der Waals surface area contributed by atoms with Crippen LogP contribution in [0.25, 0.3) is 0 Å². The lowest BCUT2D eigenvalue weighted by atomic mass is 10.1. The number of hydrogen-bond acceptors (Lipinski definition) is 4. The first-order chi connectivity index (χ1) is 9.69. The minimum atomic E-state index is -0.145. The summed E-state index contributed by atoms with van der Waals surface area (Å²) < 4.78 is 6.92. The van der Waals surface area contributed by atoms with Gasteiger partial charge in [-0.25, -0.2) is 0 Å². The molecule has 108 valence electrons. The number of aryl methyl sites for hydroxylation is 1. The van der Waals surface area contributed by atoms with E-state index < -0.39 is 0 Å². The minimum absolute atomic E-state index is 0.0195. The Bertz CT molecular complexity index is 533. The third kappa shape index (κ3) is 3.94. The van der Waals surface area contributed by atoms with Crippen LogP contribution in [0, 0.1) is 5.92 Å². The van der Waals surface area contributed by atoms with Crippen molar-refractivity contribution in [2.45, 2.75) is 39.8 Å². The van der Waals surface area contributed by atoms with Gasteiger partial charge >= 0.3 is 0 Å². The molecule has 2 aromatic rings. The summed E-state index contributed by atoms with van der Waals surface area (Å²) in [5.74, 6) is 0.523. The highest BCUT2D eigenvalue weighted by Gasteiger charge is 2.14. The van der Waals surface area contributed by atoms with E-state index >= 15 is 0 Å². The molecule has 0 saturated heterocycles. The SMILES string of the molecule is CCCc1cc(CNC(=O)C(C)Cn2cccn2)on1. The van der Waals surface area contributed by atoms with E-state index in [9.17, 15) is 4.79 Å². The zero-order valence-electron chi connectivity index (χ0n) is 11.9. The van der Waals surface area contributed by atoms with Crippen LogP contribution in [0.4, 0.5) is 0 Å². The first kappa shape index (κ1) is 14.3. The first-order valence-electron chi connectivity index (χ1n) is 6.88. The van der Waals surface area contributed by atoms with Crippen molar-refractivity contribution < 1.29 is 9.32 Å². The number of hydrogen-bond donors (Lipinski definition) is 1. The van der Waals surface area contributed by atoms with Gasteiger partial charge in [0.05, 0.1) is 24.7 Å². The molecule has 2 aromatic heterocycles. The molecular weight excluding hydrogens is 256 g/mol. The Morgan fingerprint density at radius 1 is 1.55 bits per heavy atom. The molecule has 1 N–H and O–H groups in total. The second kappa shape index (κ2) is 6.88. The second-order valence-corrected chi connectivity index (χ2v) is 4.88. The topological polar surface area (TPSA) is 73.0 Å². The Hall–Kier alpha value is -2.11. The maximum atomic E-state index is 12.0. The van der Waals surface area contributed by atoms with E-state index in [1.165, 1.54) is 0 Å². The average molecular weight is 276 g/mol. The van der Waals surface area contributed by atoms with Crippen molar-refractivity contribution in [1.29, 1.82) is 0 Å². The maximum absolute atomic E-state index is 12.0. The van der Waals surface area contributed by atoms with Crippen LogP contribution in [0.1, 0.15) is 31.7 Å². The number of carbonyl (C=O) groups excluding carboxylic acids is 1. The van der Waals surface area contributed by atoms with E-state index in [1.54, 1.807) is 10.9 Å². The third-order valence-corrected chi connectivity index (χ3v) is 3.02. The predicted molar refractivity (Wildman–Crippen MR) is 73.7 cm³/mol. The van der Waals surface area contributed by atoms with Crippen LogP contribution in [0.15, 0.2) is 29.0 Å². The van der Waals surface area contributed by atoms with Crippen molar-refractivity contribution in [1.82, 2.24) is 20.3 Å². The summed E-state index contributed by atoms with van der Waals surface area (Å²) in [5.41, 5.74) is 0.932. The van der Waals surface area contributed by atoms with Gasteiger partial charge in [0.2, 0.25) is 5.91 Å². The summed E-state index contributed by atoms with van der Waals surface area (Å²) in [4.78, 5) is 12.0. The number of aromatic nitrogens is 3. The number of carbonyl (C=O) groups is 1. The summed E-state index contributed by atoms with van der Waals surface area (Å²) in [6, 6.07) is 3.73. The number of nitrogens with one attached hydrogen (secondary N) is 1. The van der Waals surface area contributed by atoms with Crippen LogP contribution in [0.3, 0.4) is 0 Å². The molecule has 1 unspecified atom stereocenters. The standard InChI is InChI=1S/C14H20N4O2/c1-3-5-12-8-13(20-17-12)9-15-14(19)11(2)10-18-7-4-6-16-18/h4,6-8,11H,3,5,9-10H2,1-2H3,(H,15,19). The van der Waals surface area contributed by atoms with Gasteiger partial charge in [-0.3, -0.25) is 9.48 Å². The van der Waals surface area contributed by atoms with E-state index in [2.05, 4.69) is 22.5 Å². The molecule has 0 spiro atoms. The lowest BCUT2D eigenvalue weighted by molar-refractivity contribution is -0.125. The lowest BCUT2D eigenvalue weighted by Gasteiger charge is -2.11. The molecule has 20 heavy (non-hydrogen) atoms. The molecule has 0 aliphatic carbocycles. The Morgan fingerprint density at radius 2 is 2.40 bits per heavy atom. The quantitative estimate of drug-likeness (QED) is 0.836. The van der Waals surface area contributed by atoms with Crippen LogP contribution in [-0.4, -0.2) is 20.8 Å². The maximum Gasteiger partial charge on any atom is 0.225 e. The van der Waals surface area contributed by atoms with Crippen molar-refractivity contribution in [2.24, 2.45) is 5.92 Å². The molecule has 1 amide bonds. The molecule has 0 aromatic carbocycles. The predicted octanol–water partition coefficient (Wildman–Crippen LogP) is 1.78. The van der Waals surface area contributed by atoms with Gasteiger partial charge in [-0.1, -0.05) is 25.4 Å². The molecular formula is C14H20N4O2. The monoisotopic (exact) mass is 276 g/mol. The summed E-state index contributed by atoms with van der Waals surface area (Å²) >= 11 is 0. The van der Waals surface area contributed by atoms with Gasteiger partial charge < -0.3 is 9.84 Å². The van der Waals surface area contributed by atoms with Crippen LogP contribution in [-0.2, 0) is 24.3 Å². The second-order valence-electron chi connectivity index (χ2n) is 4.88. The fourth-order valence-electron chi connectivity index (χ4n) is 1.93. The smallest absolute Gasteiger partial charge is 0.225 e. The van der Waals surface area contributed by atoms with Gasteiger partial charge in [-0.2, -0.15) is 5.10 Å². The summed E-state index contributed by atoms with van der Waals surface area (Å²) in [6.07, 6.45) is 5.47. The fraction of sp³-hybridized carbons (Fsp3) is 0.500. The van der Waals surface area contributed by atoms with Gasteiger partial charge in [-0.15, -0.1) is 0 Å². The van der Waals surface area contributed by atoms with Crippen LogP contribution >= 0.6 is 0 Å². The normalized spacial score (nSPS) is 12.3. The van der Waals surface area contributed by atoms with Crippen LogP contribution < -0.4 is 5.32 Å². The molecule has 2 heterocycles. The first-order valence-corrected chi connectivity index (χ1v) is 6.88. The minimum Gasteiger partial charge on any atom is -0.359 e. The Morgan fingerprint density at radius 3 is 3.10 bits per heavy atom. The van der Waals surface area contributed by atoms with Crippen molar-refractivity contribution in [3.8, 4) is 0 Å². The Kier molecular flexibility index (Phi) is 4.92. The molecule has 0 fully saturated rings. The van der Waals surface area contributed by atoms with Gasteiger partial charge in [0.1, 0.15) is 0 Å². The highest BCUT2D eigenvalue weighted by Crippen LogP contribution is 2.06. The van der Waals surface area contributed by atoms with E-state index in [4.69, 9.17) is 4.52 Å². The molecule has 0 aliphatic heterocycles. The number of amides is 1. The average Bonchev–Trinajstić information content (AvgIpc) is 3.08. The molecule has 1 atom stereocenters.